The van der Waals surface area contributed by atoms with E-state index in [-0.39, 0.29) is 0 Å². The van der Waals surface area contributed by atoms with Gasteiger partial charge in [-0.2, -0.15) is 0 Å². The Bertz CT molecular complexity index is 3210. The fraction of sp³-hybridized carbons (Fsp3) is 0. The SMILES string of the molecule is c1ccc(-c2cccc(-n3c4ccccc4c4cc(-c5ccc6c(c5)c5ccccc5n6-c5ccccc5-c5cccc6ccccc56)ccc43)c2)cc1. The van der Waals surface area contributed by atoms with Crippen LogP contribution in [-0.4, -0.2) is 9.13 Å². The maximum atomic E-state index is 2.45. The molecular weight excluding hydrogens is 653 g/mol. The topological polar surface area (TPSA) is 9.86 Å². The standard InChI is InChI=1S/C52H34N2/c1-2-14-35(15-3-1)37-18-12-19-40(32-37)53-48-25-9-7-22-44(48)46-33-38(28-30-51(46)53)39-29-31-52-47(34-39)45-23-8-11-27-50(45)54(52)49-26-10-6-21-43(49)42-24-13-17-36-16-4-5-20-41(36)42/h1-34H. The molecule has 0 spiro atoms. The predicted molar refractivity (Wildman–Crippen MR) is 229 cm³/mol. The number of fused-ring (bicyclic) bond motifs is 7. The Hall–Kier alpha value is -7.16. The van der Waals surface area contributed by atoms with Crippen LogP contribution in [0.15, 0.2) is 206 Å². The average molecular weight is 687 g/mol. The van der Waals surface area contributed by atoms with E-state index in [1.807, 2.05) is 0 Å². The van der Waals surface area contributed by atoms with Gasteiger partial charge in [-0.1, -0.05) is 152 Å². The van der Waals surface area contributed by atoms with Crippen LogP contribution in [0, 0.1) is 0 Å². The lowest BCUT2D eigenvalue weighted by molar-refractivity contribution is 1.18. The second-order valence-corrected chi connectivity index (χ2v) is 14.1. The lowest BCUT2D eigenvalue weighted by Crippen LogP contribution is -1.97. The second-order valence-electron chi connectivity index (χ2n) is 14.1. The summed E-state index contributed by atoms with van der Waals surface area (Å²) in [7, 11) is 0. The van der Waals surface area contributed by atoms with Crippen molar-refractivity contribution in [3.63, 3.8) is 0 Å². The highest BCUT2D eigenvalue weighted by Crippen LogP contribution is 2.41. The summed E-state index contributed by atoms with van der Waals surface area (Å²) in [5.74, 6) is 0. The maximum Gasteiger partial charge on any atom is 0.0541 e. The molecule has 0 fully saturated rings. The van der Waals surface area contributed by atoms with Crippen molar-refractivity contribution in [3.8, 4) is 44.8 Å². The average Bonchev–Trinajstić information content (AvgIpc) is 3.76. The molecule has 54 heavy (non-hydrogen) atoms. The minimum absolute atomic E-state index is 1.16. The first-order valence-electron chi connectivity index (χ1n) is 18.6. The number of para-hydroxylation sites is 3. The van der Waals surface area contributed by atoms with Crippen LogP contribution in [0.5, 0.6) is 0 Å². The molecule has 0 N–H and O–H groups in total. The van der Waals surface area contributed by atoms with Crippen LogP contribution in [0.25, 0.3) is 99.1 Å². The molecule has 0 aliphatic rings. The summed E-state index contributed by atoms with van der Waals surface area (Å²) in [6.07, 6.45) is 0. The van der Waals surface area contributed by atoms with E-state index in [9.17, 15) is 0 Å². The molecule has 2 heteroatoms. The van der Waals surface area contributed by atoms with E-state index in [1.54, 1.807) is 0 Å². The van der Waals surface area contributed by atoms with Gasteiger partial charge in [0.25, 0.3) is 0 Å². The van der Waals surface area contributed by atoms with E-state index < -0.39 is 0 Å². The molecule has 0 aliphatic heterocycles. The van der Waals surface area contributed by atoms with Gasteiger partial charge in [0, 0.05) is 32.8 Å². The van der Waals surface area contributed by atoms with Crippen molar-refractivity contribution in [3.05, 3.63) is 206 Å². The highest BCUT2D eigenvalue weighted by atomic mass is 15.0. The van der Waals surface area contributed by atoms with Gasteiger partial charge in [-0.05, 0) is 93.2 Å². The first-order valence-corrected chi connectivity index (χ1v) is 18.6. The summed E-state index contributed by atoms with van der Waals surface area (Å²) in [6.45, 7) is 0. The van der Waals surface area contributed by atoms with Gasteiger partial charge in [0.05, 0.1) is 27.8 Å². The highest BCUT2D eigenvalue weighted by molar-refractivity contribution is 6.13. The quantitative estimate of drug-likeness (QED) is 0.171. The largest absolute Gasteiger partial charge is 0.309 e. The second kappa shape index (κ2) is 12.2. The molecule has 252 valence electrons. The fourth-order valence-electron chi connectivity index (χ4n) is 8.65. The third kappa shape index (κ3) is 4.74. The Kier molecular flexibility index (Phi) is 6.90. The van der Waals surface area contributed by atoms with Crippen LogP contribution >= 0.6 is 0 Å². The van der Waals surface area contributed by atoms with Gasteiger partial charge in [-0.3, -0.25) is 0 Å². The minimum atomic E-state index is 1.16. The number of hydrogen-bond donors (Lipinski definition) is 0. The van der Waals surface area contributed by atoms with Crippen molar-refractivity contribution in [2.75, 3.05) is 0 Å². The molecule has 0 aliphatic carbocycles. The number of rotatable bonds is 5. The van der Waals surface area contributed by atoms with E-state index in [4.69, 9.17) is 0 Å². The zero-order valence-electron chi connectivity index (χ0n) is 29.5. The van der Waals surface area contributed by atoms with E-state index in [0.29, 0.717) is 0 Å². The van der Waals surface area contributed by atoms with Crippen LogP contribution in [0.2, 0.25) is 0 Å². The molecule has 2 nitrogen and oxygen atoms in total. The van der Waals surface area contributed by atoms with Gasteiger partial charge in [-0.25, -0.2) is 0 Å². The maximum absolute atomic E-state index is 2.45. The molecule has 2 heterocycles. The molecule has 11 aromatic rings. The Labute approximate surface area is 313 Å². The molecule has 0 bridgehead atoms. The normalized spacial score (nSPS) is 11.7. The first kappa shape index (κ1) is 30.5. The van der Waals surface area contributed by atoms with Crippen molar-refractivity contribution < 1.29 is 0 Å². The number of hydrogen-bond acceptors (Lipinski definition) is 0. The Balaban J connectivity index is 1.08. The lowest BCUT2D eigenvalue weighted by atomic mass is 9.97. The highest BCUT2D eigenvalue weighted by Gasteiger charge is 2.18. The zero-order chi connectivity index (χ0) is 35.6. The van der Waals surface area contributed by atoms with Crippen LogP contribution in [0.4, 0.5) is 0 Å². The van der Waals surface area contributed by atoms with Gasteiger partial charge in [-0.15, -0.1) is 0 Å². The molecule has 0 radical (unpaired) electrons. The third-order valence-electron chi connectivity index (χ3n) is 11.1. The molecule has 0 saturated carbocycles. The van der Waals surface area contributed by atoms with Crippen molar-refractivity contribution in [2.45, 2.75) is 0 Å². The van der Waals surface area contributed by atoms with Crippen LogP contribution in [-0.2, 0) is 0 Å². The molecule has 11 rings (SSSR count). The van der Waals surface area contributed by atoms with Gasteiger partial charge in [0.15, 0.2) is 0 Å². The fourth-order valence-corrected chi connectivity index (χ4v) is 8.65. The summed E-state index contributed by atoms with van der Waals surface area (Å²) < 4.78 is 4.86. The molecule has 0 atom stereocenters. The Morgan fingerprint density at radius 3 is 1.52 bits per heavy atom. The van der Waals surface area contributed by atoms with Crippen molar-refractivity contribution in [1.82, 2.24) is 9.13 Å². The zero-order valence-corrected chi connectivity index (χ0v) is 29.5. The monoisotopic (exact) mass is 686 g/mol. The van der Waals surface area contributed by atoms with Crippen LogP contribution in [0.3, 0.4) is 0 Å². The van der Waals surface area contributed by atoms with E-state index in [1.165, 1.54) is 93.5 Å². The molecule has 2 aromatic heterocycles. The van der Waals surface area contributed by atoms with Crippen molar-refractivity contribution in [2.24, 2.45) is 0 Å². The summed E-state index contributed by atoms with van der Waals surface area (Å²) in [6, 6.07) is 75.2. The molecule has 0 saturated heterocycles. The van der Waals surface area contributed by atoms with Crippen LogP contribution < -0.4 is 0 Å². The summed E-state index contributed by atoms with van der Waals surface area (Å²) in [5, 5.41) is 7.50. The van der Waals surface area contributed by atoms with Gasteiger partial charge in [0.1, 0.15) is 0 Å². The number of aromatic nitrogens is 2. The molecular formula is C52H34N2. The van der Waals surface area contributed by atoms with E-state index in [2.05, 4.69) is 215 Å². The van der Waals surface area contributed by atoms with Crippen molar-refractivity contribution >= 4 is 54.4 Å². The third-order valence-corrected chi connectivity index (χ3v) is 11.1. The molecule has 9 aromatic carbocycles. The van der Waals surface area contributed by atoms with E-state index in [0.717, 1.165) is 5.69 Å². The summed E-state index contributed by atoms with van der Waals surface area (Å²) in [5.41, 5.74) is 14.5. The van der Waals surface area contributed by atoms with Gasteiger partial charge in [0.2, 0.25) is 0 Å². The number of benzene rings is 9. The summed E-state index contributed by atoms with van der Waals surface area (Å²) >= 11 is 0. The number of nitrogens with zero attached hydrogens (tertiary/aromatic N) is 2. The summed E-state index contributed by atoms with van der Waals surface area (Å²) in [4.78, 5) is 0. The molecule has 0 amide bonds. The van der Waals surface area contributed by atoms with Gasteiger partial charge < -0.3 is 9.13 Å². The van der Waals surface area contributed by atoms with Gasteiger partial charge >= 0.3 is 0 Å². The Morgan fingerprint density at radius 1 is 0.259 bits per heavy atom. The minimum Gasteiger partial charge on any atom is -0.309 e. The van der Waals surface area contributed by atoms with E-state index >= 15 is 0 Å². The first-order chi connectivity index (χ1) is 26.8. The Morgan fingerprint density at radius 2 is 0.759 bits per heavy atom. The molecule has 0 unspecified atom stereocenters. The predicted octanol–water partition coefficient (Wildman–Crippen LogP) is 14.0. The van der Waals surface area contributed by atoms with Crippen LogP contribution in [0.1, 0.15) is 0 Å². The smallest absolute Gasteiger partial charge is 0.0541 e. The lowest BCUT2D eigenvalue weighted by Gasteiger charge is -2.15. The van der Waals surface area contributed by atoms with Crippen molar-refractivity contribution in [1.29, 1.82) is 0 Å².